The molecular formula is C9H12O2. The Labute approximate surface area is 66.9 Å². The number of terminal acetylenes is 1. The summed E-state index contributed by atoms with van der Waals surface area (Å²) in [5.74, 6) is 2.55. The number of carbonyl (C=O) groups excluding carboxylic acids is 1. The van der Waals surface area contributed by atoms with Gasteiger partial charge in [-0.25, -0.2) is 0 Å². The largest absolute Gasteiger partial charge is 0.446 e. The molecule has 11 heavy (non-hydrogen) atoms. The smallest absolute Gasteiger partial charge is 0.307 e. The number of rotatable bonds is 1. The Morgan fingerprint density at radius 3 is 2.73 bits per heavy atom. The van der Waals surface area contributed by atoms with Gasteiger partial charge in [-0.2, -0.15) is 0 Å². The molecule has 0 amide bonds. The van der Waals surface area contributed by atoms with E-state index in [-0.39, 0.29) is 11.9 Å². The average molecular weight is 152 g/mol. The first-order valence-corrected chi connectivity index (χ1v) is 3.84. The van der Waals surface area contributed by atoms with Crippen LogP contribution in [0.3, 0.4) is 0 Å². The quantitative estimate of drug-likeness (QED) is 0.419. The minimum absolute atomic E-state index is 0.157. The van der Waals surface area contributed by atoms with E-state index in [2.05, 4.69) is 5.92 Å². The van der Waals surface area contributed by atoms with E-state index in [4.69, 9.17) is 11.2 Å². The monoisotopic (exact) mass is 152 g/mol. The lowest BCUT2D eigenvalue weighted by atomic mass is 9.87. The van der Waals surface area contributed by atoms with Crippen LogP contribution in [-0.4, -0.2) is 11.6 Å². The third kappa shape index (κ3) is 1.11. The highest BCUT2D eigenvalue weighted by Gasteiger charge is 2.43. The number of ether oxygens (including phenoxy) is 1. The molecule has 0 aromatic carbocycles. The van der Waals surface area contributed by atoms with E-state index in [1.54, 1.807) is 0 Å². The van der Waals surface area contributed by atoms with Crippen LogP contribution in [0.5, 0.6) is 0 Å². The molecule has 0 aliphatic carbocycles. The van der Waals surface area contributed by atoms with Gasteiger partial charge in [0.25, 0.3) is 0 Å². The van der Waals surface area contributed by atoms with Gasteiger partial charge in [0.1, 0.15) is 0 Å². The molecule has 2 heteroatoms. The van der Waals surface area contributed by atoms with Gasteiger partial charge in [-0.05, 0) is 6.42 Å². The van der Waals surface area contributed by atoms with Crippen LogP contribution < -0.4 is 0 Å². The molecule has 2 nitrogen and oxygen atoms in total. The zero-order chi connectivity index (χ0) is 8.48. The van der Waals surface area contributed by atoms with E-state index in [0.717, 1.165) is 0 Å². The van der Waals surface area contributed by atoms with Crippen molar-refractivity contribution < 1.29 is 9.53 Å². The SMILES string of the molecule is C#C[C@]1(CC)OC(=O)C[C@@H]1C. The second kappa shape index (κ2) is 2.58. The zero-order valence-electron chi connectivity index (χ0n) is 6.89. The van der Waals surface area contributed by atoms with E-state index in [1.165, 1.54) is 0 Å². The Kier molecular flexibility index (Phi) is 1.90. The number of carbonyl (C=O) groups is 1. The highest BCUT2D eigenvalue weighted by Crippen LogP contribution is 2.34. The van der Waals surface area contributed by atoms with E-state index in [0.29, 0.717) is 12.8 Å². The summed E-state index contributed by atoms with van der Waals surface area (Å²) >= 11 is 0. The summed E-state index contributed by atoms with van der Waals surface area (Å²) in [4.78, 5) is 10.9. The first-order chi connectivity index (χ1) is 5.14. The molecule has 0 spiro atoms. The maximum absolute atomic E-state index is 10.9. The van der Waals surface area contributed by atoms with Gasteiger partial charge in [-0.1, -0.05) is 19.8 Å². The predicted molar refractivity (Wildman–Crippen MR) is 41.7 cm³/mol. The van der Waals surface area contributed by atoms with Gasteiger partial charge in [0.05, 0.1) is 6.42 Å². The first-order valence-electron chi connectivity index (χ1n) is 3.84. The van der Waals surface area contributed by atoms with Crippen LogP contribution in [0.15, 0.2) is 0 Å². The highest BCUT2D eigenvalue weighted by molar-refractivity contribution is 5.73. The molecule has 0 N–H and O–H groups in total. The van der Waals surface area contributed by atoms with Crippen molar-refractivity contribution in [3.05, 3.63) is 0 Å². The minimum Gasteiger partial charge on any atom is -0.446 e. The van der Waals surface area contributed by atoms with Crippen molar-refractivity contribution in [3.8, 4) is 12.3 Å². The standard InChI is InChI=1S/C9H12O2/c1-4-9(5-2)7(3)6-8(10)11-9/h1,7H,5-6H2,2-3H3/t7-,9+/m0/s1. The van der Waals surface area contributed by atoms with Crippen molar-refractivity contribution >= 4 is 5.97 Å². The average Bonchev–Trinajstić information content (AvgIpc) is 2.27. The molecule has 0 bridgehead atoms. The van der Waals surface area contributed by atoms with E-state index >= 15 is 0 Å². The lowest BCUT2D eigenvalue weighted by Gasteiger charge is -2.23. The molecule has 0 radical (unpaired) electrons. The summed E-state index contributed by atoms with van der Waals surface area (Å²) in [6, 6.07) is 0. The zero-order valence-corrected chi connectivity index (χ0v) is 6.89. The second-order valence-corrected chi connectivity index (χ2v) is 2.97. The molecule has 1 rings (SSSR count). The first kappa shape index (κ1) is 8.13. The minimum atomic E-state index is -0.614. The predicted octanol–water partition coefficient (Wildman–Crippen LogP) is 1.35. The summed E-state index contributed by atoms with van der Waals surface area (Å²) in [5.41, 5.74) is -0.614. The molecule has 60 valence electrons. The lowest BCUT2D eigenvalue weighted by molar-refractivity contribution is -0.145. The van der Waals surface area contributed by atoms with Crippen molar-refractivity contribution in [3.63, 3.8) is 0 Å². The molecule has 1 heterocycles. The third-order valence-electron chi connectivity index (χ3n) is 2.33. The Morgan fingerprint density at radius 2 is 2.55 bits per heavy atom. The van der Waals surface area contributed by atoms with Crippen LogP contribution in [-0.2, 0) is 9.53 Å². The molecule has 1 aliphatic rings. The van der Waals surface area contributed by atoms with Crippen LogP contribution in [0.1, 0.15) is 26.7 Å². The topological polar surface area (TPSA) is 26.3 Å². The van der Waals surface area contributed by atoms with Gasteiger partial charge in [0.2, 0.25) is 0 Å². The number of esters is 1. The van der Waals surface area contributed by atoms with Crippen LogP contribution >= 0.6 is 0 Å². The molecule has 0 aromatic heterocycles. The fourth-order valence-corrected chi connectivity index (χ4v) is 1.45. The molecule has 0 saturated carbocycles. The molecule has 0 unspecified atom stereocenters. The summed E-state index contributed by atoms with van der Waals surface area (Å²) < 4.78 is 5.08. The fourth-order valence-electron chi connectivity index (χ4n) is 1.45. The van der Waals surface area contributed by atoms with Gasteiger partial charge >= 0.3 is 5.97 Å². The maximum Gasteiger partial charge on any atom is 0.307 e. The Hall–Kier alpha value is -0.970. The number of cyclic esters (lactones) is 1. The van der Waals surface area contributed by atoms with Crippen LogP contribution in [0.25, 0.3) is 0 Å². The summed E-state index contributed by atoms with van der Waals surface area (Å²) in [7, 11) is 0. The second-order valence-electron chi connectivity index (χ2n) is 2.97. The van der Waals surface area contributed by atoms with Crippen molar-refractivity contribution in [1.29, 1.82) is 0 Å². The van der Waals surface area contributed by atoms with E-state index in [1.807, 2.05) is 13.8 Å². The summed E-state index contributed by atoms with van der Waals surface area (Å²) in [6.07, 6.45) is 6.47. The van der Waals surface area contributed by atoms with Gasteiger partial charge in [-0.15, -0.1) is 6.42 Å². The van der Waals surface area contributed by atoms with Crippen LogP contribution in [0, 0.1) is 18.3 Å². The fraction of sp³-hybridized carbons (Fsp3) is 0.667. The van der Waals surface area contributed by atoms with Crippen molar-refractivity contribution in [2.75, 3.05) is 0 Å². The van der Waals surface area contributed by atoms with Gasteiger partial charge in [0, 0.05) is 5.92 Å². The van der Waals surface area contributed by atoms with Gasteiger partial charge < -0.3 is 4.74 Å². The highest BCUT2D eigenvalue weighted by atomic mass is 16.6. The Balaban J connectivity index is 2.86. The van der Waals surface area contributed by atoms with E-state index in [9.17, 15) is 4.79 Å². The molecule has 1 fully saturated rings. The molecule has 1 aliphatic heterocycles. The van der Waals surface area contributed by atoms with Gasteiger partial charge in [-0.3, -0.25) is 4.79 Å². The summed E-state index contributed by atoms with van der Waals surface area (Å²) in [5, 5.41) is 0. The normalized spacial score (nSPS) is 36.5. The molecule has 1 saturated heterocycles. The Morgan fingerprint density at radius 1 is 1.91 bits per heavy atom. The van der Waals surface area contributed by atoms with Crippen LogP contribution in [0.4, 0.5) is 0 Å². The lowest BCUT2D eigenvalue weighted by Crippen LogP contribution is -2.31. The third-order valence-corrected chi connectivity index (χ3v) is 2.33. The van der Waals surface area contributed by atoms with Crippen molar-refractivity contribution in [2.24, 2.45) is 5.92 Å². The molecule has 0 aromatic rings. The van der Waals surface area contributed by atoms with Crippen LogP contribution in [0.2, 0.25) is 0 Å². The van der Waals surface area contributed by atoms with Crippen molar-refractivity contribution in [2.45, 2.75) is 32.3 Å². The number of hydrogen-bond donors (Lipinski definition) is 0. The molecule has 2 atom stereocenters. The molecular weight excluding hydrogens is 140 g/mol. The Bertz CT molecular complexity index is 214. The van der Waals surface area contributed by atoms with Gasteiger partial charge in [0.15, 0.2) is 5.60 Å². The summed E-state index contributed by atoms with van der Waals surface area (Å²) in [6.45, 7) is 3.89. The maximum atomic E-state index is 10.9. The van der Waals surface area contributed by atoms with E-state index < -0.39 is 5.60 Å². The number of hydrogen-bond acceptors (Lipinski definition) is 2. The van der Waals surface area contributed by atoms with Crippen molar-refractivity contribution in [1.82, 2.24) is 0 Å².